The standard InChI is InChI=1S/C17H26N2O2/c1-11(2)21-16-7-5-4-6-14(16)12(3)19-17(20)10-15(18)13-8-9-13/h4-7,11-13,15H,8-10,18H2,1-3H3,(H,19,20). The molecule has 0 aromatic heterocycles. The smallest absolute Gasteiger partial charge is 0.222 e. The van der Waals surface area contributed by atoms with Gasteiger partial charge in [0.2, 0.25) is 5.91 Å². The van der Waals surface area contributed by atoms with E-state index in [4.69, 9.17) is 10.5 Å². The molecule has 1 amide bonds. The van der Waals surface area contributed by atoms with Gasteiger partial charge in [-0.3, -0.25) is 4.79 Å². The summed E-state index contributed by atoms with van der Waals surface area (Å²) >= 11 is 0. The average Bonchev–Trinajstić information content (AvgIpc) is 3.22. The first-order valence-corrected chi connectivity index (χ1v) is 7.78. The van der Waals surface area contributed by atoms with E-state index in [1.54, 1.807) is 0 Å². The van der Waals surface area contributed by atoms with Crippen molar-refractivity contribution in [2.45, 2.75) is 58.2 Å². The predicted octanol–water partition coefficient (Wildman–Crippen LogP) is 2.78. The van der Waals surface area contributed by atoms with Crippen LogP contribution in [0.3, 0.4) is 0 Å². The van der Waals surface area contributed by atoms with Crippen LogP contribution in [0.2, 0.25) is 0 Å². The number of rotatable bonds is 7. The zero-order chi connectivity index (χ0) is 15.4. The highest BCUT2D eigenvalue weighted by Crippen LogP contribution is 2.33. The molecule has 2 unspecified atom stereocenters. The lowest BCUT2D eigenvalue weighted by Gasteiger charge is -2.20. The van der Waals surface area contributed by atoms with Gasteiger partial charge in [0, 0.05) is 18.0 Å². The molecule has 0 bridgehead atoms. The van der Waals surface area contributed by atoms with Gasteiger partial charge < -0.3 is 15.8 Å². The Morgan fingerprint density at radius 2 is 2.00 bits per heavy atom. The van der Waals surface area contributed by atoms with Gasteiger partial charge in [-0.25, -0.2) is 0 Å². The van der Waals surface area contributed by atoms with Crippen LogP contribution in [0.1, 0.15) is 51.6 Å². The Hall–Kier alpha value is -1.55. The maximum absolute atomic E-state index is 12.1. The molecule has 4 nitrogen and oxygen atoms in total. The number of nitrogens with two attached hydrogens (primary N) is 1. The Bertz CT molecular complexity index is 483. The molecule has 4 heteroatoms. The van der Waals surface area contributed by atoms with E-state index >= 15 is 0 Å². The van der Waals surface area contributed by atoms with Crippen molar-refractivity contribution >= 4 is 5.91 Å². The molecule has 1 aromatic rings. The van der Waals surface area contributed by atoms with Crippen LogP contribution in [0.25, 0.3) is 0 Å². The number of hydrogen-bond acceptors (Lipinski definition) is 3. The van der Waals surface area contributed by atoms with Crippen molar-refractivity contribution < 1.29 is 9.53 Å². The monoisotopic (exact) mass is 290 g/mol. The number of carbonyl (C=O) groups is 1. The summed E-state index contributed by atoms with van der Waals surface area (Å²) < 4.78 is 5.80. The van der Waals surface area contributed by atoms with Gasteiger partial charge in [0.1, 0.15) is 5.75 Å². The first-order chi connectivity index (χ1) is 9.97. The Morgan fingerprint density at radius 1 is 1.33 bits per heavy atom. The van der Waals surface area contributed by atoms with Gasteiger partial charge in [-0.2, -0.15) is 0 Å². The van der Waals surface area contributed by atoms with Crippen LogP contribution in [0, 0.1) is 5.92 Å². The Morgan fingerprint density at radius 3 is 2.62 bits per heavy atom. The fraction of sp³-hybridized carbons (Fsp3) is 0.588. The maximum atomic E-state index is 12.1. The van der Waals surface area contributed by atoms with Crippen molar-refractivity contribution in [1.82, 2.24) is 5.32 Å². The second kappa shape index (κ2) is 6.94. The van der Waals surface area contributed by atoms with Crippen LogP contribution in [-0.2, 0) is 4.79 Å². The number of ether oxygens (including phenoxy) is 1. The molecular formula is C17H26N2O2. The minimum absolute atomic E-state index is 0.000595. The van der Waals surface area contributed by atoms with Crippen LogP contribution in [-0.4, -0.2) is 18.1 Å². The summed E-state index contributed by atoms with van der Waals surface area (Å²) in [6.07, 6.45) is 2.84. The van der Waals surface area contributed by atoms with Crippen LogP contribution in [0.15, 0.2) is 24.3 Å². The average molecular weight is 290 g/mol. The molecule has 0 spiro atoms. The Kier molecular flexibility index (Phi) is 5.23. The van der Waals surface area contributed by atoms with Gasteiger partial charge in [-0.1, -0.05) is 18.2 Å². The molecule has 116 valence electrons. The zero-order valence-electron chi connectivity index (χ0n) is 13.1. The summed E-state index contributed by atoms with van der Waals surface area (Å²) in [6, 6.07) is 7.75. The van der Waals surface area contributed by atoms with Crippen LogP contribution >= 0.6 is 0 Å². The topological polar surface area (TPSA) is 64.3 Å². The Labute approximate surface area is 127 Å². The molecule has 1 saturated carbocycles. The summed E-state index contributed by atoms with van der Waals surface area (Å²) in [7, 11) is 0. The summed E-state index contributed by atoms with van der Waals surface area (Å²) in [5.41, 5.74) is 7.00. The van der Waals surface area contributed by atoms with Crippen molar-refractivity contribution in [3.63, 3.8) is 0 Å². The summed E-state index contributed by atoms with van der Waals surface area (Å²) in [4.78, 5) is 12.1. The molecule has 1 fully saturated rings. The lowest BCUT2D eigenvalue weighted by Crippen LogP contribution is -2.34. The fourth-order valence-electron chi connectivity index (χ4n) is 2.48. The van der Waals surface area contributed by atoms with E-state index in [9.17, 15) is 4.79 Å². The quantitative estimate of drug-likeness (QED) is 0.811. The minimum atomic E-state index is -0.0844. The first-order valence-electron chi connectivity index (χ1n) is 7.78. The highest BCUT2D eigenvalue weighted by Gasteiger charge is 2.30. The van der Waals surface area contributed by atoms with Crippen molar-refractivity contribution in [2.75, 3.05) is 0 Å². The number of hydrogen-bond donors (Lipinski definition) is 2. The number of para-hydroxylation sites is 1. The number of carbonyl (C=O) groups excluding carboxylic acids is 1. The maximum Gasteiger partial charge on any atom is 0.222 e. The molecule has 1 aromatic carbocycles. The third-order valence-corrected chi connectivity index (χ3v) is 3.77. The third-order valence-electron chi connectivity index (χ3n) is 3.77. The van der Waals surface area contributed by atoms with Gasteiger partial charge in [0.05, 0.1) is 12.1 Å². The van der Waals surface area contributed by atoms with Crippen molar-refractivity contribution in [3.8, 4) is 5.75 Å². The van der Waals surface area contributed by atoms with Crippen LogP contribution in [0.4, 0.5) is 0 Å². The molecule has 0 heterocycles. The van der Waals surface area contributed by atoms with Crippen molar-refractivity contribution in [3.05, 3.63) is 29.8 Å². The van der Waals surface area contributed by atoms with E-state index < -0.39 is 0 Å². The highest BCUT2D eigenvalue weighted by atomic mass is 16.5. The summed E-state index contributed by atoms with van der Waals surface area (Å²) in [5.74, 6) is 1.38. The largest absolute Gasteiger partial charge is 0.491 e. The molecule has 2 atom stereocenters. The van der Waals surface area contributed by atoms with E-state index in [-0.39, 0.29) is 24.1 Å². The van der Waals surface area contributed by atoms with E-state index in [0.29, 0.717) is 12.3 Å². The van der Waals surface area contributed by atoms with Gasteiger partial charge in [0.25, 0.3) is 0 Å². The molecule has 2 rings (SSSR count). The molecular weight excluding hydrogens is 264 g/mol. The summed E-state index contributed by atoms with van der Waals surface area (Å²) in [5, 5.41) is 3.02. The van der Waals surface area contributed by atoms with E-state index in [1.807, 2.05) is 45.0 Å². The molecule has 1 aliphatic rings. The van der Waals surface area contributed by atoms with Gasteiger partial charge in [-0.15, -0.1) is 0 Å². The predicted molar refractivity (Wildman–Crippen MR) is 84.1 cm³/mol. The van der Waals surface area contributed by atoms with Crippen molar-refractivity contribution in [2.24, 2.45) is 11.7 Å². The third kappa shape index (κ3) is 4.74. The molecule has 0 saturated heterocycles. The first kappa shape index (κ1) is 15.8. The Balaban J connectivity index is 1.95. The number of amides is 1. The highest BCUT2D eigenvalue weighted by molar-refractivity contribution is 5.77. The van der Waals surface area contributed by atoms with Crippen molar-refractivity contribution in [1.29, 1.82) is 0 Å². The molecule has 3 N–H and O–H groups in total. The van der Waals surface area contributed by atoms with Crippen LogP contribution < -0.4 is 15.8 Å². The lowest BCUT2D eigenvalue weighted by atomic mass is 10.1. The van der Waals surface area contributed by atoms with Gasteiger partial charge in [0.15, 0.2) is 0 Å². The summed E-state index contributed by atoms with van der Waals surface area (Å²) in [6.45, 7) is 5.96. The molecule has 1 aliphatic carbocycles. The lowest BCUT2D eigenvalue weighted by molar-refractivity contribution is -0.122. The molecule has 0 aliphatic heterocycles. The SMILES string of the molecule is CC(C)Oc1ccccc1C(C)NC(=O)CC(N)C1CC1. The molecule has 0 radical (unpaired) electrons. The van der Waals surface area contributed by atoms with Gasteiger partial charge in [-0.05, 0) is 45.6 Å². The minimum Gasteiger partial charge on any atom is -0.491 e. The van der Waals surface area contributed by atoms with E-state index in [0.717, 1.165) is 24.2 Å². The fourth-order valence-corrected chi connectivity index (χ4v) is 2.48. The van der Waals surface area contributed by atoms with Crippen LogP contribution in [0.5, 0.6) is 5.75 Å². The molecule has 21 heavy (non-hydrogen) atoms. The normalized spacial score (nSPS) is 17.4. The second-order valence-corrected chi connectivity index (χ2v) is 6.20. The number of benzene rings is 1. The van der Waals surface area contributed by atoms with Gasteiger partial charge >= 0.3 is 0 Å². The number of nitrogens with one attached hydrogen (secondary N) is 1. The zero-order valence-corrected chi connectivity index (χ0v) is 13.1. The van der Waals surface area contributed by atoms with E-state index in [1.165, 1.54) is 0 Å². The second-order valence-electron chi connectivity index (χ2n) is 6.20. The van der Waals surface area contributed by atoms with E-state index in [2.05, 4.69) is 5.32 Å².